The van der Waals surface area contributed by atoms with Gasteiger partial charge in [0.2, 0.25) is 0 Å². The second-order valence-electron chi connectivity index (χ2n) is 6.06. The molecule has 3 rings (SSSR count). The molecule has 3 aromatic rings. The number of phenolic OH excluding ortho intramolecular Hbond substituents is 1. The Kier molecular flexibility index (Phi) is 6.31. The summed E-state index contributed by atoms with van der Waals surface area (Å²) < 4.78 is 0.960. The van der Waals surface area contributed by atoms with Crippen molar-refractivity contribution >= 4 is 45.4 Å². The molecule has 0 saturated carbocycles. The highest BCUT2D eigenvalue weighted by atomic mass is 79.9. The predicted molar refractivity (Wildman–Crippen MR) is 116 cm³/mol. The van der Waals surface area contributed by atoms with Gasteiger partial charge in [-0.1, -0.05) is 46.3 Å². The van der Waals surface area contributed by atoms with Crippen LogP contribution in [0.15, 0.2) is 82.3 Å². The van der Waals surface area contributed by atoms with Crippen molar-refractivity contribution in [1.82, 2.24) is 0 Å². The zero-order valence-corrected chi connectivity index (χ0v) is 16.6. The molecule has 0 spiro atoms. The fourth-order valence-electron chi connectivity index (χ4n) is 2.48. The summed E-state index contributed by atoms with van der Waals surface area (Å²) in [6.45, 7) is 0. The molecular formula is C22H15BrN2O4. The molecule has 0 saturated heterocycles. The lowest BCUT2D eigenvalue weighted by Gasteiger charge is -2.01. The first-order chi connectivity index (χ1) is 13.9. The van der Waals surface area contributed by atoms with E-state index in [9.17, 15) is 20.0 Å². The molecule has 0 aromatic heterocycles. The van der Waals surface area contributed by atoms with Gasteiger partial charge in [-0.2, -0.15) is 0 Å². The number of aromatic hydroxyl groups is 1. The van der Waals surface area contributed by atoms with Crippen LogP contribution in [0.4, 0.5) is 11.4 Å². The third-order valence-electron chi connectivity index (χ3n) is 4.00. The van der Waals surface area contributed by atoms with Crippen LogP contribution in [0.5, 0.6) is 5.75 Å². The topological polar surface area (TPSA) is 92.8 Å². The second-order valence-corrected chi connectivity index (χ2v) is 6.97. The van der Waals surface area contributed by atoms with Gasteiger partial charge in [0.05, 0.1) is 10.6 Å². The number of ketones is 1. The molecule has 0 aliphatic rings. The summed E-state index contributed by atoms with van der Waals surface area (Å²) in [5.41, 5.74) is 1.91. The van der Waals surface area contributed by atoms with Crippen LogP contribution in [-0.2, 0) is 0 Å². The van der Waals surface area contributed by atoms with Crippen molar-refractivity contribution in [3.8, 4) is 5.75 Å². The fraction of sp³-hybridized carbons (Fsp3) is 0. The van der Waals surface area contributed by atoms with Crippen molar-refractivity contribution in [3.63, 3.8) is 0 Å². The summed E-state index contributed by atoms with van der Waals surface area (Å²) in [4.78, 5) is 27.0. The Hall–Kier alpha value is -3.58. The van der Waals surface area contributed by atoms with E-state index < -0.39 is 4.92 Å². The van der Waals surface area contributed by atoms with Crippen LogP contribution in [-0.4, -0.2) is 22.0 Å². The van der Waals surface area contributed by atoms with E-state index in [4.69, 9.17) is 0 Å². The average molecular weight is 451 g/mol. The normalized spacial score (nSPS) is 11.2. The molecule has 0 unspecified atom stereocenters. The Bertz CT molecular complexity index is 1120. The van der Waals surface area contributed by atoms with Gasteiger partial charge in [0.15, 0.2) is 5.78 Å². The lowest BCUT2D eigenvalue weighted by atomic mass is 10.1. The van der Waals surface area contributed by atoms with Crippen molar-refractivity contribution in [2.24, 2.45) is 4.99 Å². The number of carbonyl (C=O) groups excluding carboxylic acids is 1. The van der Waals surface area contributed by atoms with Gasteiger partial charge >= 0.3 is 0 Å². The molecule has 0 aliphatic carbocycles. The van der Waals surface area contributed by atoms with E-state index in [2.05, 4.69) is 20.9 Å². The van der Waals surface area contributed by atoms with Crippen LogP contribution in [0, 0.1) is 10.1 Å². The number of non-ortho nitro benzene ring substituents is 1. The van der Waals surface area contributed by atoms with Crippen LogP contribution in [0.2, 0.25) is 0 Å². The van der Waals surface area contributed by atoms with Gasteiger partial charge in [-0.3, -0.25) is 19.9 Å². The van der Waals surface area contributed by atoms with Gasteiger partial charge in [-0.15, -0.1) is 0 Å². The van der Waals surface area contributed by atoms with Gasteiger partial charge in [0.25, 0.3) is 5.69 Å². The number of allylic oxidation sites excluding steroid dienone is 1. The summed E-state index contributed by atoms with van der Waals surface area (Å²) in [5.74, 6) is -0.299. The third kappa shape index (κ3) is 5.46. The standard InChI is InChI=1S/C22H15BrN2O4/c23-18-7-4-15(5-8-18)6-10-21(26)16-2-1-3-19(12-16)24-14-17-13-20(25(28)29)9-11-22(17)27/h1-14,27H. The molecule has 0 amide bonds. The first kappa shape index (κ1) is 20.2. The minimum atomic E-state index is -0.548. The Labute approximate surface area is 175 Å². The van der Waals surface area contributed by atoms with Crippen molar-refractivity contribution in [3.05, 3.63) is 104 Å². The van der Waals surface area contributed by atoms with E-state index in [1.54, 1.807) is 30.3 Å². The van der Waals surface area contributed by atoms with Crippen molar-refractivity contribution < 1.29 is 14.8 Å². The molecule has 0 radical (unpaired) electrons. The fourth-order valence-corrected chi connectivity index (χ4v) is 2.75. The molecule has 0 heterocycles. The molecule has 0 fully saturated rings. The highest BCUT2D eigenvalue weighted by molar-refractivity contribution is 9.10. The smallest absolute Gasteiger partial charge is 0.270 e. The van der Waals surface area contributed by atoms with E-state index in [1.165, 1.54) is 30.5 Å². The number of hydrogen-bond donors (Lipinski definition) is 1. The zero-order valence-electron chi connectivity index (χ0n) is 15.0. The quantitative estimate of drug-likeness (QED) is 0.171. The number of nitro groups is 1. The molecule has 0 bridgehead atoms. The van der Waals surface area contributed by atoms with Crippen LogP contribution < -0.4 is 0 Å². The summed E-state index contributed by atoms with van der Waals surface area (Å²) in [6, 6.07) is 17.9. The number of aliphatic imine (C=N–C) groups is 1. The minimum absolute atomic E-state index is 0.121. The monoisotopic (exact) mass is 450 g/mol. The number of phenols is 1. The maximum absolute atomic E-state index is 12.4. The van der Waals surface area contributed by atoms with Gasteiger partial charge in [0, 0.05) is 33.9 Å². The Morgan fingerprint density at radius 2 is 1.83 bits per heavy atom. The SMILES string of the molecule is O=C(C=Cc1ccc(Br)cc1)c1cccc(N=Cc2cc([N+](=O)[O-])ccc2O)c1. The summed E-state index contributed by atoms with van der Waals surface area (Å²) in [7, 11) is 0. The maximum Gasteiger partial charge on any atom is 0.270 e. The van der Waals surface area contributed by atoms with Gasteiger partial charge in [-0.25, -0.2) is 0 Å². The lowest BCUT2D eigenvalue weighted by molar-refractivity contribution is -0.384. The van der Waals surface area contributed by atoms with Crippen molar-refractivity contribution in [2.75, 3.05) is 0 Å². The Morgan fingerprint density at radius 3 is 2.55 bits per heavy atom. The number of nitrogens with zero attached hydrogens (tertiary/aromatic N) is 2. The Balaban J connectivity index is 1.78. The van der Waals surface area contributed by atoms with Crippen LogP contribution in [0.1, 0.15) is 21.5 Å². The van der Waals surface area contributed by atoms with E-state index >= 15 is 0 Å². The van der Waals surface area contributed by atoms with Crippen molar-refractivity contribution in [1.29, 1.82) is 0 Å². The van der Waals surface area contributed by atoms with E-state index in [0.717, 1.165) is 10.0 Å². The molecule has 6 nitrogen and oxygen atoms in total. The number of nitro benzene ring substituents is 1. The average Bonchev–Trinajstić information content (AvgIpc) is 2.72. The zero-order chi connectivity index (χ0) is 20.8. The molecule has 144 valence electrons. The summed E-state index contributed by atoms with van der Waals surface area (Å²) in [5, 5.41) is 20.7. The number of carbonyl (C=O) groups is 1. The molecular weight excluding hydrogens is 436 g/mol. The Morgan fingerprint density at radius 1 is 1.07 bits per heavy atom. The van der Waals surface area contributed by atoms with E-state index in [-0.39, 0.29) is 22.8 Å². The van der Waals surface area contributed by atoms with E-state index in [0.29, 0.717) is 11.3 Å². The lowest BCUT2D eigenvalue weighted by Crippen LogP contribution is -1.93. The van der Waals surface area contributed by atoms with Crippen LogP contribution in [0.3, 0.4) is 0 Å². The highest BCUT2D eigenvalue weighted by Crippen LogP contribution is 2.23. The molecule has 29 heavy (non-hydrogen) atoms. The van der Waals surface area contributed by atoms with Gasteiger partial charge < -0.3 is 5.11 Å². The van der Waals surface area contributed by atoms with Gasteiger partial charge in [0.1, 0.15) is 5.75 Å². The minimum Gasteiger partial charge on any atom is -0.507 e. The number of rotatable bonds is 6. The number of benzene rings is 3. The summed E-state index contributed by atoms with van der Waals surface area (Å²) in [6.07, 6.45) is 4.54. The third-order valence-corrected chi connectivity index (χ3v) is 4.53. The largest absolute Gasteiger partial charge is 0.507 e. The second kappa shape index (κ2) is 9.07. The van der Waals surface area contributed by atoms with Crippen molar-refractivity contribution in [2.45, 2.75) is 0 Å². The number of hydrogen-bond acceptors (Lipinski definition) is 5. The molecule has 1 N–H and O–H groups in total. The molecule has 0 atom stereocenters. The molecule has 3 aromatic carbocycles. The summed E-state index contributed by atoms with van der Waals surface area (Å²) >= 11 is 3.36. The predicted octanol–water partition coefficient (Wildman–Crippen LogP) is 5.71. The number of halogens is 1. The van der Waals surface area contributed by atoms with E-state index in [1.807, 2.05) is 24.3 Å². The first-order valence-corrected chi connectivity index (χ1v) is 9.31. The van der Waals surface area contributed by atoms with Crippen LogP contribution in [0.25, 0.3) is 6.08 Å². The maximum atomic E-state index is 12.4. The molecule has 0 aliphatic heterocycles. The first-order valence-electron chi connectivity index (χ1n) is 8.52. The van der Waals surface area contributed by atoms with Gasteiger partial charge in [-0.05, 0) is 42.0 Å². The van der Waals surface area contributed by atoms with Crippen LogP contribution >= 0.6 is 15.9 Å². The molecule has 7 heteroatoms. The highest BCUT2D eigenvalue weighted by Gasteiger charge is 2.09.